The van der Waals surface area contributed by atoms with E-state index in [0.717, 1.165) is 27.9 Å². The second kappa shape index (κ2) is 12.3. The molecule has 0 spiro atoms. The van der Waals surface area contributed by atoms with Crippen molar-refractivity contribution in [2.75, 3.05) is 0 Å². The van der Waals surface area contributed by atoms with Crippen molar-refractivity contribution in [1.29, 1.82) is 0 Å². The Morgan fingerprint density at radius 1 is 0.425 bits per heavy atom. The van der Waals surface area contributed by atoms with Gasteiger partial charge in [-0.25, -0.2) is 0 Å². The summed E-state index contributed by atoms with van der Waals surface area (Å²) in [5, 5.41) is 4.89. The van der Waals surface area contributed by atoms with Gasteiger partial charge in [0.2, 0.25) is 0 Å². The normalized spacial score (nSPS) is 13.1. The first-order valence-electron chi connectivity index (χ1n) is 13.8. The molecule has 0 aliphatic rings. The van der Waals surface area contributed by atoms with Gasteiger partial charge in [0.05, 0.1) is 0 Å². The predicted octanol–water partition coefficient (Wildman–Crippen LogP) is 11.3. The van der Waals surface area contributed by atoms with Gasteiger partial charge in [0.25, 0.3) is 0 Å². The average molecular weight is 515 g/mol. The zero-order valence-electron chi connectivity index (χ0n) is 23.3. The van der Waals surface area contributed by atoms with Gasteiger partial charge in [0.1, 0.15) is 0 Å². The quantitative estimate of drug-likeness (QED) is 0.143. The lowest BCUT2D eigenvalue weighted by Crippen LogP contribution is -1.98. The molecule has 0 atom stereocenters. The van der Waals surface area contributed by atoms with Crippen molar-refractivity contribution >= 4 is 43.8 Å². The highest BCUT2D eigenvalue weighted by molar-refractivity contribution is 6.19. The summed E-state index contributed by atoms with van der Waals surface area (Å²) in [6.45, 7) is 12.7. The van der Waals surface area contributed by atoms with Crippen LogP contribution in [0.3, 0.4) is 0 Å². The zero-order chi connectivity index (χ0) is 27.9. The summed E-state index contributed by atoms with van der Waals surface area (Å²) in [7, 11) is 0. The van der Waals surface area contributed by atoms with Crippen LogP contribution in [0.25, 0.3) is 43.8 Å². The Labute approximate surface area is 238 Å². The third-order valence-electron chi connectivity index (χ3n) is 7.41. The first-order chi connectivity index (χ1) is 19.7. The summed E-state index contributed by atoms with van der Waals surface area (Å²) in [5.74, 6) is 0. The van der Waals surface area contributed by atoms with Crippen LogP contribution in [0.5, 0.6) is 0 Å². The smallest absolute Gasteiger partial charge is 0.00205 e. The van der Waals surface area contributed by atoms with Crippen LogP contribution in [0.15, 0.2) is 159 Å². The molecule has 0 aliphatic heterocycles. The summed E-state index contributed by atoms with van der Waals surface area (Å²) in [6.07, 6.45) is 12.8. The third kappa shape index (κ3) is 5.17. The molecule has 5 rings (SSSR count). The van der Waals surface area contributed by atoms with Crippen LogP contribution >= 0.6 is 0 Å². The minimum absolute atomic E-state index is 1.08. The molecule has 0 bridgehead atoms. The van der Waals surface area contributed by atoms with Crippen molar-refractivity contribution in [3.8, 4) is 0 Å². The van der Waals surface area contributed by atoms with Gasteiger partial charge in [-0.05, 0) is 92.1 Å². The van der Waals surface area contributed by atoms with E-state index < -0.39 is 0 Å². The van der Waals surface area contributed by atoms with E-state index in [1.54, 1.807) is 0 Å². The summed E-state index contributed by atoms with van der Waals surface area (Å²) >= 11 is 0. The Bertz CT molecular complexity index is 1810. The zero-order valence-corrected chi connectivity index (χ0v) is 23.3. The molecule has 0 heterocycles. The van der Waals surface area contributed by atoms with E-state index in [0.29, 0.717) is 0 Å². The van der Waals surface area contributed by atoms with Gasteiger partial charge in [-0.1, -0.05) is 147 Å². The lowest BCUT2D eigenvalue weighted by Gasteiger charge is -2.20. The maximum absolute atomic E-state index is 4.31. The highest BCUT2D eigenvalue weighted by Gasteiger charge is 2.19. The van der Waals surface area contributed by atoms with Gasteiger partial charge in [-0.2, -0.15) is 0 Å². The Hall–Kier alpha value is -4.94. The van der Waals surface area contributed by atoms with Crippen LogP contribution < -0.4 is 0 Å². The fourth-order valence-electron chi connectivity index (χ4n) is 5.46. The molecule has 0 N–H and O–H groups in total. The van der Waals surface area contributed by atoms with Gasteiger partial charge in [0.15, 0.2) is 0 Å². The van der Waals surface area contributed by atoms with Crippen LogP contribution in [0.4, 0.5) is 0 Å². The topological polar surface area (TPSA) is 0 Å². The highest BCUT2D eigenvalue weighted by Crippen LogP contribution is 2.42. The number of hydrogen-bond donors (Lipinski definition) is 0. The van der Waals surface area contributed by atoms with E-state index in [-0.39, 0.29) is 0 Å². The van der Waals surface area contributed by atoms with E-state index in [4.69, 9.17) is 0 Å². The van der Waals surface area contributed by atoms with E-state index >= 15 is 0 Å². The number of benzene rings is 5. The largest absolute Gasteiger partial charge is 0.0984 e. The van der Waals surface area contributed by atoms with Gasteiger partial charge < -0.3 is 0 Å². The van der Waals surface area contributed by atoms with E-state index in [9.17, 15) is 0 Å². The SMILES string of the molecule is C=C/C(=C\C(=C/C)c1c(/C(C=C)=C/C(=C\C)c2ccccc2)c2ccccc2c2ccccc12)c1ccccc1. The summed E-state index contributed by atoms with van der Waals surface area (Å²) in [4.78, 5) is 0. The molecule has 0 fully saturated rings. The minimum atomic E-state index is 1.08. The number of rotatable bonds is 8. The number of fused-ring (bicyclic) bond motifs is 3. The van der Waals surface area contributed by atoms with Crippen LogP contribution in [0.2, 0.25) is 0 Å². The maximum Gasteiger partial charge on any atom is -0.00205 e. The predicted molar refractivity (Wildman–Crippen MR) is 178 cm³/mol. The molecule has 0 nitrogen and oxygen atoms in total. The molecule has 194 valence electrons. The Kier molecular flexibility index (Phi) is 8.18. The summed E-state index contributed by atoms with van der Waals surface area (Å²) in [5.41, 5.74) is 9.17. The van der Waals surface area contributed by atoms with Gasteiger partial charge >= 0.3 is 0 Å². The molecule has 0 radical (unpaired) electrons. The van der Waals surface area contributed by atoms with Crippen molar-refractivity contribution < 1.29 is 0 Å². The fraction of sp³-hybridized carbons (Fsp3) is 0.0500. The molecule has 0 amide bonds. The maximum atomic E-state index is 4.31. The monoisotopic (exact) mass is 514 g/mol. The molecular weight excluding hydrogens is 480 g/mol. The second-order valence-electron chi connectivity index (χ2n) is 9.67. The Balaban J connectivity index is 1.88. The molecular formula is C40H34. The van der Waals surface area contributed by atoms with Crippen molar-refractivity contribution in [1.82, 2.24) is 0 Å². The molecule has 5 aromatic carbocycles. The molecule has 0 unspecified atom stereocenters. The van der Waals surface area contributed by atoms with Crippen molar-refractivity contribution in [3.05, 3.63) is 181 Å². The van der Waals surface area contributed by atoms with Crippen LogP contribution in [0, 0.1) is 0 Å². The summed E-state index contributed by atoms with van der Waals surface area (Å²) < 4.78 is 0. The fourth-order valence-corrected chi connectivity index (χ4v) is 5.46. The molecule has 0 saturated carbocycles. The lowest BCUT2D eigenvalue weighted by molar-refractivity contribution is 1.58. The first kappa shape index (κ1) is 26.7. The number of hydrogen-bond acceptors (Lipinski definition) is 0. The van der Waals surface area contributed by atoms with Crippen LogP contribution in [-0.2, 0) is 0 Å². The van der Waals surface area contributed by atoms with E-state index in [1.165, 1.54) is 38.2 Å². The third-order valence-corrected chi connectivity index (χ3v) is 7.41. The standard InChI is InChI=1S/C40H34/c1-5-29(33-19-11-9-12-20-33)27-31(7-3)39-37-25-17-15-23-35(37)36-24-16-18-26-38(36)40(39)32(8-4)28-30(6-2)34-21-13-10-14-22-34/h5-28H,1,4H2,2-3H3/b29-27+,30-6+,31-7+,32-28+. The Morgan fingerprint density at radius 2 is 0.800 bits per heavy atom. The Morgan fingerprint density at radius 3 is 1.25 bits per heavy atom. The molecule has 0 heteroatoms. The van der Waals surface area contributed by atoms with Crippen LogP contribution in [0.1, 0.15) is 36.1 Å². The van der Waals surface area contributed by atoms with Gasteiger partial charge in [-0.15, -0.1) is 0 Å². The second-order valence-corrected chi connectivity index (χ2v) is 9.67. The van der Waals surface area contributed by atoms with Crippen LogP contribution in [-0.4, -0.2) is 0 Å². The lowest BCUT2D eigenvalue weighted by atomic mass is 9.83. The number of allylic oxidation sites excluding steroid dienone is 10. The molecule has 0 aliphatic carbocycles. The molecule has 0 aromatic heterocycles. The van der Waals surface area contributed by atoms with Gasteiger partial charge in [0, 0.05) is 0 Å². The minimum Gasteiger partial charge on any atom is -0.0984 e. The average Bonchev–Trinajstić information content (AvgIpc) is 3.03. The van der Waals surface area contributed by atoms with E-state index in [1.807, 2.05) is 18.2 Å². The molecule has 5 aromatic rings. The van der Waals surface area contributed by atoms with E-state index in [2.05, 4.69) is 154 Å². The molecule has 40 heavy (non-hydrogen) atoms. The summed E-state index contributed by atoms with van der Waals surface area (Å²) in [6, 6.07) is 38.4. The molecule has 0 saturated heterocycles. The van der Waals surface area contributed by atoms with Crippen molar-refractivity contribution in [2.24, 2.45) is 0 Å². The highest BCUT2D eigenvalue weighted by atomic mass is 14.2. The van der Waals surface area contributed by atoms with Gasteiger partial charge in [-0.3, -0.25) is 0 Å². The van der Waals surface area contributed by atoms with Crippen molar-refractivity contribution in [3.63, 3.8) is 0 Å². The first-order valence-corrected chi connectivity index (χ1v) is 13.8. The van der Waals surface area contributed by atoms with Crippen molar-refractivity contribution in [2.45, 2.75) is 13.8 Å².